The number of hydrogen-bond donors (Lipinski definition) is 0. The van der Waals surface area contributed by atoms with Crippen molar-refractivity contribution < 1.29 is 4.79 Å². The molecule has 0 heterocycles. The van der Waals surface area contributed by atoms with Crippen molar-refractivity contribution in [3.63, 3.8) is 0 Å². The van der Waals surface area contributed by atoms with Gasteiger partial charge in [-0.3, -0.25) is 0 Å². The van der Waals surface area contributed by atoms with E-state index < -0.39 is 0 Å². The molecule has 2 atom stereocenters. The lowest BCUT2D eigenvalue weighted by molar-refractivity contribution is -0.119. The largest absolute Gasteiger partial charge is 0.305 e. The van der Waals surface area contributed by atoms with E-state index in [0.717, 1.165) is 31.8 Å². The van der Waals surface area contributed by atoms with Gasteiger partial charge in [-0.2, -0.15) is 0 Å². The first-order valence-corrected chi connectivity index (χ1v) is 7.27. The smallest absolute Gasteiger partial charge is 0.127 e. The van der Waals surface area contributed by atoms with Crippen LogP contribution in [0.15, 0.2) is 0 Å². The van der Waals surface area contributed by atoms with Crippen LogP contribution in [-0.4, -0.2) is 31.3 Å². The number of carbonyl (C=O) groups excluding carboxylic acids is 1. The predicted octanol–water partition coefficient (Wildman–Crippen LogP) is 3.50. The van der Waals surface area contributed by atoms with E-state index in [2.05, 4.69) is 25.8 Å². The molecule has 1 saturated carbocycles. The van der Waals surface area contributed by atoms with Gasteiger partial charge in [0.25, 0.3) is 0 Å². The molecule has 2 unspecified atom stereocenters. The van der Waals surface area contributed by atoms with Gasteiger partial charge in [-0.15, -0.1) is 0 Å². The van der Waals surface area contributed by atoms with Crippen LogP contribution in [0.2, 0.25) is 0 Å². The van der Waals surface area contributed by atoms with Crippen molar-refractivity contribution >= 4 is 6.29 Å². The zero-order valence-electron chi connectivity index (χ0n) is 11.9. The highest BCUT2D eigenvalue weighted by molar-refractivity contribution is 5.60. The summed E-state index contributed by atoms with van der Waals surface area (Å²) >= 11 is 0. The summed E-state index contributed by atoms with van der Waals surface area (Å²) < 4.78 is 0. The molecule has 0 bridgehead atoms. The zero-order valence-corrected chi connectivity index (χ0v) is 11.9. The zero-order chi connectivity index (χ0) is 12.7. The molecule has 0 aromatic carbocycles. The lowest BCUT2D eigenvalue weighted by Gasteiger charge is -2.38. The number of hydrogen-bond acceptors (Lipinski definition) is 2. The van der Waals surface area contributed by atoms with E-state index in [1.54, 1.807) is 0 Å². The minimum atomic E-state index is -0.0430. The molecule has 0 aromatic heterocycles. The topological polar surface area (TPSA) is 20.3 Å². The fourth-order valence-electron chi connectivity index (χ4n) is 3.24. The molecule has 2 heteroatoms. The first-order valence-electron chi connectivity index (χ1n) is 7.27. The standard InChI is InChI=1S/C15H29NO/c1-4-5-6-10-16(3)12-15(13-17)9-7-8-14(2)11-15/h13-14H,4-12H2,1-3H3. The van der Waals surface area contributed by atoms with E-state index in [9.17, 15) is 4.79 Å². The van der Waals surface area contributed by atoms with Crippen LogP contribution in [0.1, 0.15) is 58.8 Å². The molecule has 1 rings (SSSR count). The fourth-order valence-corrected chi connectivity index (χ4v) is 3.24. The Hall–Kier alpha value is -0.370. The molecule has 0 radical (unpaired) electrons. The van der Waals surface area contributed by atoms with Crippen molar-refractivity contribution in [2.24, 2.45) is 11.3 Å². The molecule has 0 aliphatic heterocycles. The number of rotatable bonds is 7. The molecule has 0 amide bonds. The Kier molecular flexibility index (Phi) is 6.18. The van der Waals surface area contributed by atoms with Gasteiger partial charge < -0.3 is 9.69 Å². The summed E-state index contributed by atoms with van der Waals surface area (Å²) in [5.74, 6) is 0.720. The minimum absolute atomic E-state index is 0.0430. The number of unbranched alkanes of at least 4 members (excludes halogenated alkanes) is 2. The molecular weight excluding hydrogens is 210 g/mol. The third-order valence-corrected chi connectivity index (χ3v) is 4.10. The summed E-state index contributed by atoms with van der Waals surface area (Å²) in [6.45, 7) is 6.62. The van der Waals surface area contributed by atoms with Crippen LogP contribution >= 0.6 is 0 Å². The van der Waals surface area contributed by atoms with Crippen molar-refractivity contribution in [1.29, 1.82) is 0 Å². The summed E-state index contributed by atoms with van der Waals surface area (Å²) in [6, 6.07) is 0. The molecule has 1 aliphatic carbocycles. The van der Waals surface area contributed by atoms with Crippen molar-refractivity contribution in [3.05, 3.63) is 0 Å². The summed E-state index contributed by atoms with van der Waals surface area (Å²) in [5.41, 5.74) is -0.0430. The van der Waals surface area contributed by atoms with Crippen molar-refractivity contribution in [2.75, 3.05) is 20.1 Å². The molecule has 0 spiro atoms. The highest BCUT2D eigenvalue weighted by Gasteiger charge is 2.35. The second kappa shape index (κ2) is 7.15. The quantitative estimate of drug-likeness (QED) is 0.500. The fraction of sp³-hybridized carbons (Fsp3) is 0.933. The maximum Gasteiger partial charge on any atom is 0.127 e. The van der Waals surface area contributed by atoms with Crippen LogP contribution in [0.3, 0.4) is 0 Å². The van der Waals surface area contributed by atoms with Crippen molar-refractivity contribution in [1.82, 2.24) is 4.90 Å². The number of aldehydes is 1. The van der Waals surface area contributed by atoms with E-state index >= 15 is 0 Å². The van der Waals surface area contributed by atoms with Gasteiger partial charge in [0, 0.05) is 12.0 Å². The van der Waals surface area contributed by atoms with Crippen molar-refractivity contribution in [2.45, 2.75) is 58.8 Å². The van der Waals surface area contributed by atoms with Gasteiger partial charge in [-0.25, -0.2) is 0 Å². The normalized spacial score (nSPS) is 29.5. The van der Waals surface area contributed by atoms with Crippen LogP contribution in [-0.2, 0) is 4.79 Å². The highest BCUT2D eigenvalue weighted by atomic mass is 16.1. The van der Waals surface area contributed by atoms with E-state index in [1.807, 2.05) is 0 Å². The first-order chi connectivity index (χ1) is 8.12. The second-order valence-electron chi connectivity index (χ2n) is 6.13. The van der Waals surface area contributed by atoms with Gasteiger partial charge >= 0.3 is 0 Å². The third-order valence-electron chi connectivity index (χ3n) is 4.10. The Morgan fingerprint density at radius 2 is 2.18 bits per heavy atom. The van der Waals surface area contributed by atoms with Crippen LogP contribution in [0.5, 0.6) is 0 Å². The number of nitrogens with zero attached hydrogens (tertiary/aromatic N) is 1. The van der Waals surface area contributed by atoms with Gasteiger partial charge in [0.1, 0.15) is 6.29 Å². The predicted molar refractivity (Wildman–Crippen MR) is 73.2 cm³/mol. The van der Waals surface area contributed by atoms with Crippen LogP contribution in [0.25, 0.3) is 0 Å². The molecular formula is C15H29NO. The van der Waals surface area contributed by atoms with Crippen molar-refractivity contribution in [3.8, 4) is 0 Å². The molecule has 1 fully saturated rings. The SMILES string of the molecule is CCCCCN(C)CC1(C=O)CCCC(C)C1. The molecule has 1 aliphatic rings. The van der Waals surface area contributed by atoms with E-state index in [1.165, 1.54) is 38.4 Å². The van der Waals surface area contributed by atoms with Gasteiger partial charge in [-0.1, -0.05) is 39.5 Å². The van der Waals surface area contributed by atoms with Crippen LogP contribution in [0, 0.1) is 11.3 Å². The Labute approximate surface area is 107 Å². The molecule has 2 nitrogen and oxygen atoms in total. The van der Waals surface area contributed by atoms with Gasteiger partial charge in [-0.05, 0) is 38.8 Å². The Morgan fingerprint density at radius 3 is 2.76 bits per heavy atom. The van der Waals surface area contributed by atoms with E-state index in [-0.39, 0.29) is 5.41 Å². The van der Waals surface area contributed by atoms with Crippen LogP contribution < -0.4 is 0 Å². The van der Waals surface area contributed by atoms with E-state index in [0.29, 0.717) is 0 Å². The lowest BCUT2D eigenvalue weighted by Crippen LogP contribution is -2.40. The highest BCUT2D eigenvalue weighted by Crippen LogP contribution is 2.38. The van der Waals surface area contributed by atoms with Gasteiger partial charge in [0.2, 0.25) is 0 Å². The Bertz CT molecular complexity index is 229. The Morgan fingerprint density at radius 1 is 1.41 bits per heavy atom. The summed E-state index contributed by atoms with van der Waals surface area (Å²) in [7, 11) is 2.17. The van der Waals surface area contributed by atoms with E-state index in [4.69, 9.17) is 0 Å². The monoisotopic (exact) mass is 239 g/mol. The average Bonchev–Trinajstić information content (AvgIpc) is 2.29. The molecule has 100 valence electrons. The average molecular weight is 239 g/mol. The van der Waals surface area contributed by atoms with Crippen LogP contribution in [0.4, 0.5) is 0 Å². The lowest BCUT2D eigenvalue weighted by atomic mass is 9.71. The maximum absolute atomic E-state index is 11.5. The van der Waals surface area contributed by atoms with Gasteiger partial charge in [0.05, 0.1) is 0 Å². The first kappa shape index (κ1) is 14.7. The molecule has 0 N–H and O–H groups in total. The number of carbonyl (C=O) groups is 1. The molecule has 17 heavy (non-hydrogen) atoms. The summed E-state index contributed by atoms with van der Waals surface area (Å²) in [6.07, 6.45) is 9.79. The summed E-state index contributed by atoms with van der Waals surface area (Å²) in [4.78, 5) is 13.8. The molecule has 0 saturated heterocycles. The minimum Gasteiger partial charge on any atom is -0.305 e. The van der Waals surface area contributed by atoms with Gasteiger partial charge in [0.15, 0.2) is 0 Å². The molecule has 0 aromatic rings. The third kappa shape index (κ3) is 4.79. The maximum atomic E-state index is 11.5. The summed E-state index contributed by atoms with van der Waals surface area (Å²) in [5, 5.41) is 0. The second-order valence-corrected chi connectivity index (χ2v) is 6.13. The Balaban J connectivity index is 2.41.